The molecule has 0 saturated heterocycles. The summed E-state index contributed by atoms with van der Waals surface area (Å²) in [6.45, 7) is 0.558. The molecule has 0 aliphatic heterocycles. The van der Waals surface area contributed by atoms with Crippen molar-refractivity contribution in [2.45, 2.75) is 6.54 Å². The van der Waals surface area contributed by atoms with Gasteiger partial charge in [-0.15, -0.1) is 11.3 Å². The van der Waals surface area contributed by atoms with Crippen LogP contribution in [0.5, 0.6) is 0 Å². The van der Waals surface area contributed by atoms with Gasteiger partial charge in [0.15, 0.2) is 4.67 Å². The first-order chi connectivity index (χ1) is 8.24. The van der Waals surface area contributed by atoms with Gasteiger partial charge in [0.25, 0.3) is 0 Å². The molecule has 17 heavy (non-hydrogen) atoms. The van der Waals surface area contributed by atoms with E-state index in [1.807, 2.05) is 17.5 Å². The van der Waals surface area contributed by atoms with E-state index in [4.69, 9.17) is 4.42 Å². The normalized spacial score (nSPS) is 10.9. The molecule has 0 aliphatic carbocycles. The van der Waals surface area contributed by atoms with Crippen LogP contribution in [0.4, 0.5) is 0 Å². The molecule has 0 bridgehead atoms. The second kappa shape index (κ2) is 5.84. The minimum atomic E-state index is -0.133. The highest BCUT2D eigenvalue weighted by atomic mass is 79.9. The average Bonchev–Trinajstić information content (AvgIpc) is 2.95. The largest absolute Gasteiger partial charge is 0.450 e. The fraction of sp³-hybridized carbons (Fsp3) is 0.0833. The van der Waals surface area contributed by atoms with E-state index in [1.165, 1.54) is 6.08 Å². The lowest BCUT2D eigenvalue weighted by Crippen LogP contribution is -2.19. The van der Waals surface area contributed by atoms with E-state index in [0.29, 0.717) is 17.0 Å². The van der Waals surface area contributed by atoms with Crippen LogP contribution in [-0.2, 0) is 11.3 Å². The van der Waals surface area contributed by atoms with Crippen molar-refractivity contribution in [2.24, 2.45) is 0 Å². The topological polar surface area (TPSA) is 42.2 Å². The number of amides is 1. The number of nitrogens with one attached hydrogen (secondary N) is 1. The average molecular weight is 312 g/mol. The molecule has 88 valence electrons. The Morgan fingerprint density at radius 3 is 3.00 bits per heavy atom. The van der Waals surface area contributed by atoms with Crippen molar-refractivity contribution >= 4 is 39.2 Å². The van der Waals surface area contributed by atoms with Crippen molar-refractivity contribution in [3.63, 3.8) is 0 Å². The summed E-state index contributed by atoms with van der Waals surface area (Å²) >= 11 is 4.82. The van der Waals surface area contributed by atoms with Crippen LogP contribution in [0.1, 0.15) is 10.6 Å². The smallest absolute Gasteiger partial charge is 0.244 e. The monoisotopic (exact) mass is 311 g/mol. The highest BCUT2D eigenvalue weighted by Gasteiger charge is 1.99. The number of hydrogen-bond donors (Lipinski definition) is 1. The van der Waals surface area contributed by atoms with Crippen molar-refractivity contribution in [1.82, 2.24) is 5.32 Å². The standard InChI is InChI=1S/C12H10BrNO2S/c13-11-5-3-9(16-11)4-6-12(15)14-8-10-2-1-7-17-10/h1-7H,8H2,(H,14,15)/b6-4+. The summed E-state index contributed by atoms with van der Waals surface area (Å²) in [4.78, 5) is 12.6. The maximum absolute atomic E-state index is 11.5. The van der Waals surface area contributed by atoms with Gasteiger partial charge in [-0.3, -0.25) is 4.79 Å². The Morgan fingerprint density at radius 1 is 1.47 bits per heavy atom. The van der Waals surface area contributed by atoms with Crippen molar-refractivity contribution in [3.8, 4) is 0 Å². The second-order valence-electron chi connectivity index (χ2n) is 3.27. The first kappa shape index (κ1) is 12.1. The first-order valence-corrected chi connectivity index (χ1v) is 6.65. The fourth-order valence-corrected chi connectivity index (χ4v) is 2.19. The number of carbonyl (C=O) groups excluding carboxylic acids is 1. The Morgan fingerprint density at radius 2 is 2.35 bits per heavy atom. The van der Waals surface area contributed by atoms with E-state index < -0.39 is 0 Å². The van der Waals surface area contributed by atoms with E-state index in [-0.39, 0.29) is 5.91 Å². The van der Waals surface area contributed by atoms with Crippen LogP contribution in [0.2, 0.25) is 0 Å². The molecule has 0 fully saturated rings. The van der Waals surface area contributed by atoms with Gasteiger partial charge in [-0.05, 0) is 45.6 Å². The highest BCUT2D eigenvalue weighted by molar-refractivity contribution is 9.10. The molecule has 0 spiro atoms. The van der Waals surface area contributed by atoms with Crippen LogP contribution in [0, 0.1) is 0 Å². The summed E-state index contributed by atoms with van der Waals surface area (Å²) in [5.74, 6) is 0.508. The van der Waals surface area contributed by atoms with Crippen molar-refractivity contribution in [1.29, 1.82) is 0 Å². The van der Waals surface area contributed by atoms with Crippen LogP contribution in [-0.4, -0.2) is 5.91 Å². The molecule has 3 nitrogen and oxygen atoms in total. The van der Waals surface area contributed by atoms with Gasteiger partial charge >= 0.3 is 0 Å². The van der Waals surface area contributed by atoms with E-state index in [9.17, 15) is 4.79 Å². The van der Waals surface area contributed by atoms with Crippen LogP contribution >= 0.6 is 27.3 Å². The Balaban J connectivity index is 1.83. The molecule has 2 aromatic rings. The van der Waals surface area contributed by atoms with Gasteiger partial charge in [0.05, 0.1) is 6.54 Å². The summed E-state index contributed by atoms with van der Waals surface area (Å²) < 4.78 is 5.89. The minimum absolute atomic E-state index is 0.133. The van der Waals surface area contributed by atoms with Crippen molar-refractivity contribution in [3.05, 3.63) is 51.0 Å². The quantitative estimate of drug-likeness (QED) is 0.879. The summed E-state index contributed by atoms with van der Waals surface area (Å²) in [6.07, 6.45) is 3.09. The van der Waals surface area contributed by atoms with Gasteiger partial charge < -0.3 is 9.73 Å². The molecule has 0 aliphatic rings. The maximum Gasteiger partial charge on any atom is 0.244 e. The number of furan rings is 1. The Labute approximate surface area is 111 Å². The van der Waals surface area contributed by atoms with Gasteiger partial charge in [-0.1, -0.05) is 6.07 Å². The molecule has 2 rings (SSSR count). The zero-order valence-corrected chi connectivity index (χ0v) is 11.3. The maximum atomic E-state index is 11.5. The van der Waals surface area contributed by atoms with E-state index in [2.05, 4.69) is 21.2 Å². The molecule has 2 aromatic heterocycles. The molecule has 2 heterocycles. The van der Waals surface area contributed by atoms with E-state index in [1.54, 1.807) is 29.5 Å². The number of halogens is 1. The zero-order valence-electron chi connectivity index (χ0n) is 8.85. The lowest BCUT2D eigenvalue weighted by molar-refractivity contribution is -0.116. The number of hydrogen-bond acceptors (Lipinski definition) is 3. The third-order valence-corrected chi connectivity index (χ3v) is 3.31. The molecule has 0 saturated carbocycles. The molecule has 5 heteroatoms. The molecular formula is C12H10BrNO2S. The van der Waals surface area contributed by atoms with Gasteiger partial charge in [0.1, 0.15) is 5.76 Å². The summed E-state index contributed by atoms with van der Waals surface area (Å²) in [5, 5.41) is 4.78. The second-order valence-corrected chi connectivity index (χ2v) is 5.09. The molecule has 0 atom stereocenters. The van der Waals surface area contributed by atoms with Crippen molar-refractivity contribution in [2.75, 3.05) is 0 Å². The van der Waals surface area contributed by atoms with Gasteiger partial charge in [-0.2, -0.15) is 0 Å². The molecule has 0 aromatic carbocycles. The lowest BCUT2D eigenvalue weighted by Gasteiger charge is -1.98. The number of thiophene rings is 1. The summed E-state index contributed by atoms with van der Waals surface area (Å²) in [6, 6.07) is 7.51. The van der Waals surface area contributed by atoms with E-state index in [0.717, 1.165) is 4.88 Å². The Bertz CT molecular complexity index is 516. The zero-order chi connectivity index (χ0) is 12.1. The van der Waals surface area contributed by atoms with Crippen LogP contribution in [0.15, 0.2) is 44.8 Å². The SMILES string of the molecule is O=C(/C=C/c1ccc(Br)o1)NCc1cccs1. The first-order valence-electron chi connectivity index (χ1n) is 4.97. The van der Waals surface area contributed by atoms with Crippen LogP contribution in [0.3, 0.4) is 0 Å². The van der Waals surface area contributed by atoms with Gasteiger partial charge in [0.2, 0.25) is 5.91 Å². The lowest BCUT2D eigenvalue weighted by atomic mass is 10.4. The molecule has 0 unspecified atom stereocenters. The third-order valence-electron chi connectivity index (χ3n) is 2.01. The third kappa shape index (κ3) is 3.87. The number of carbonyl (C=O) groups is 1. The highest BCUT2D eigenvalue weighted by Crippen LogP contribution is 2.14. The fourth-order valence-electron chi connectivity index (χ4n) is 1.22. The minimum Gasteiger partial charge on any atom is -0.450 e. The predicted octanol–water partition coefficient (Wildman–Crippen LogP) is 3.43. The molecule has 1 amide bonds. The summed E-state index contributed by atoms with van der Waals surface area (Å²) in [5.41, 5.74) is 0. The van der Waals surface area contributed by atoms with Crippen molar-refractivity contribution < 1.29 is 9.21 Å². The molecular weight excluding hydrogens is 302 g/mol. The van der Waals surface area contributed by atoms with Gasteiger partial charge in [-0.25, -0.2) is 0 Å². The van der Waals surface area contributed by atoms with E-state index >= 15 is 0 Å². The Kier molecular flexibility index (Phi) is 4.17. The number of rotatable bonds is 4. The predicted molar refractivity (Wildman–Crippen MR) is 71.6 cm³/mol. The Hall–Kier alpha value is -1.33. The van der Waals surface area contributed by atoms with Gasteiger partial charge in [0, 0.05) is 11.0 Å². The summed E-state index contributed by atoms with van der Waals surface area (Å²) in [7, 11) is 0. The molecule has 1 N–H and O–H groups in total. The molecule has 0 radical (unpaired) electrons. The van der Waals surface area contributed by atoms with Crippen LogP contribution < -0.4 is 5.32 Å². The van der Waals surface area contributed by atoms with Crippen LogP contribution in [0.25, 0.3) is 6.08 Å².